The molecule has 1 N–H and O–H groups in total. The van der Waals surface area contributed by atoms with E-state index >= 15 is 0 Å². The minimum atomic E-state index is -0.444. The number of rotatable bonds is 6. The topological polar surface area (TPSA) is 76.2 Å². The number of para-hydroxylation sites is 1. The molecule has 0 radical (unpaired) electrons. The lowest BCUT2D eigenvalue weighted by atomic mass is 9.93. The third kappa shape index (κ3) is 5.03. The number of urea groups is 1. The second-order valence-corrected chi connectivity index (χ2v) is 9.48. The normalized spacial score (nSPS) is 22.9. The van der Waals surface area contributed by atoms with E-state index < -0.39 is 6.04 Å². The lowest BCUT2D eigenvalue weighted by Gasteiger charge is -2.47. The molecule has 3 aliphatic rings. The van der Waals surface area contributed by atoms with Crippen LogP contribution in [0.5, 0.6) is 0 Å². The van der Waals surface area contributed by atoms with Gasteiger partial charge in [-0.15, -0.1) is 0 Å². The van der Waals surface area contributed by atoms with Gasteiger partial charge in [-0.3, -0.25) is 14.5 Å². The zero-order valence-corrected chi connectivity index (χ0v) is 20.0. The quantitative estimate of drug-likeness (QED) is 0.691. The highest BCUT2D eigenvalue weighted by atomic mass is 16.2. The van der Waals surface area contributed by atoms with Crippen molar-refractivity contribution in [3.63, 3.8) is 0 Å². The van der Waals surface area contributed by atoms with Gasteiger partial charge in [0.2, 0.25) is 11.8 Å². The molecule has 3 saturated heterocycles. The molecule has 8 heteroatoms. The number of piperidine rings is 1. The molecule has 2 unspecified atom stereocenters. The number of fused-ring (bicyclic) bond motifs is 1. The first-order valence-corrected chi connectivity index (χ1v) is 12.6. The lowest BCUT2D eigenvalue weighted by molar-refractivity contribution is -0.141. The molecule has 5 rings (SSSR count). The summed E-state index contributed by atoms with van der Waals surface area (Å²) < 4.78 is 0. The number of hydrogen-bond acceptors (Lipinski definition) is 5. The number of imide groups is 1. The van der Waals surface area contributed by atoms with Gasteiger partial charge >= 0.3 is 6.03 Å². The van der Waals surface area contributed by atoms with Gasteiger partial charge in [0.25, 0.3) is 0 Å². The van der Waals surface area contributed by atoms with Crippen molar-refractivity contribution in [3.05, 3.63) is 66.2 Å². The van der Waals surface area contributed by atoms with Crippen LogP contribution in [0.25, 0.3) is 0 Å². The number of hydrogen-bond donors (Lipinski definition) is 1. The van der Waals surface area contributed by atoms with Gasteiger partial charge in [-0.2, -0.15) is 0 Å². The summed E-state index contributed by atoms with van der Waals surface area (Å²) >= 11 is 0. The number of anilines is 1. The number of carbonyl (C=O) groups is 3. The van der Waals surface area contributed by atoms with Crippen LogP contribution in [0.15, 0.2) is 60.7 Å². The fourth-order valence-electron chi connectivity index (χ4n) is 5.39. The fraction of sp³-hybridized carbons (Fsp3) is 0.444. The second kappa shape index (κ2) is 10.5. The first kappa shape index (κ1) is 23.4. The Morgan fingerprint density at radius 3 is 2.31 bits per heavy atom. The molecule has 3 fully saturated rings. The second-order valence-electron chi connectivity index (χ2n) is 9.48. The van der Waals surface area contributed by atoms with E-state index in [4.69, 9.17) is 0 Å². The Kier molecular flexibility index (Phi) is 6.99. The molecule has 0 bridgehead atoms. The first-order valence-electron chi connectivity index (χ1n) is 12.6. The highest BCUT2D eigenvalue weighted by Crippen LogP contribution is 2.25. The number of carbonyl (C=O) groups excluding carboxylic acids is 3. The van der Waals surface area contributed by atoms with Crippen LogP contribution in [0.2, 0.25) is 0 Å². The number of piperazine rings is 1. The molecule has 8 nitrogen and oxygen atoms in total. The maximum atomic E-state index is 13.5. The zero-order valence-electron chi connectivity index (χ0n) is 20.0. The lowest BCUT2D eigenvalue weighted by Crippen LogP contribution is -2.70. The molecule has 2 aromatic rings. The van der Waals surface area contributed by atoms with Crippen LogP contribution in [0.1, 0.15) is 18.4 Å². The van der Waals surface area contributed by atoms with Crippen molar-refractivity contribution in [2.24, 2.45) is 0 Å². The zero-order chi connectivity index (χ0) is 24.2. The number of nitrogens with one attached hydrogen (secondary N) is 1. The van der Waals surface area contributed by atoms with Crippen molar-refractivity contribution in [1.29, 1.82) is 0 Å². The summed E-state index contributed by atoms with van der Waals surface area (Å²) in [5.41, 5.74) is 2.24. The van der Waals surface area contributed by atoms with Gasteiger partial charge in [0.05, 0.1) is 6.04 Å². The van der Waals surface area contributed by atoms with Crippen LogP contribution in [-0.2, 0) is 16.0 Å². The molecule has 4 amide bonds. The minimum absolute atomic E-state index is 0.0160. The van der Waals surface area contributed by atoms with Crippen LogP contribution in [-0.4, -0.2) is 90.4 Å². The van der Waals surface area contributed by atoms with Crippen LogP contribution in [0.4, 0.5) is 10.5 Å². The largest absolute Gasteiger partial charge is 0.368 e. The van der Waals surface area contributed by atoms with Crippen molar-refractivity contribution >= 4 is 23.5 Å². The van der Waals surface area contributed by atoms with E-state index in [9.17, 15) is 14.4 Å². The van der Waals surface area contributed by atoms with Gasteiger partial charge in [-0.25, -0.2) is 4.79 Å². The van der Waals surface area contributed by atoms with E-state index in [2.05, 4.69) is 22.3 Å². The monoisotopic (exact) mass is 475 g/mol. The van der Waals surface area contributed by atoms with Crippen molar-refractivity contribution in [2.75, 3.05) is 50.7 Å². The van der Waals surface area contributed by atoms with Crippen molar-refractivity contribution in [2.45, 2.75) is 31.3 Å². The fourth-order valence-corrected chi connectivity index (χ4v) is 5.39. The van der Waals surface area contributed by atoms with Gasteiger partial charge < -0.3 is 20.0 Å². The van der Waals surface area contributed by atoms with Gasteiger partial charge in [0, 0.05) is 38.4 Å². The van der Waals surface area contributed by atoms with Gasteiger partial charge in [0.1, 0.15) is 12.6 Å². The molecule has 35 heavy (non-hydrogen) atoms. The van der Waals surface area contributed by atoms with Crippen LogP contribution < -0.4 is 10.2 Å². The summed E-state index contributed by atoms with van der Waals surface area (Å²) in [6, 6.07) is 19.0. The van der Waals surface area contributed by atoms with Gasteiger partial charge in [-0.05, 0) is 43.5 Å². The molecule has 0 aliphatic carbocycles. The average molecular weight is 476 g/mol. The van der Waals surface area contributed by atoms with Crippen LogP contribution >= 0.6 is 0 Å². The molecule has 0 saturated carbocycles. The smallest absolute Gasteiger partial charge is 0.327 e. The Balaban J connectivity index is 1.25. The molecule has 3 aliphatic heterocycles. The van der Waals surface area contributed by atoms with Gasteiger partial charge in [0.15, 0.2) is 0 Å². The Morgan fingerprint density at radius 1 is 0.914 bits per heavy atom. The van der Waals surface area contributed by atoms with E-state index in [1.54, 1.807) is 4.90 Å². The summed E-state index contributed by atoms with van der Waals surface area (Å²) in [6.07, 6.45) is 2.21. The first-order chi connectivity index (χ1) is 17.1. The Labute approximate surface area is 206 Å². The molecule has 0 spiro atoms. The highest BCUT2D eigenvalue weighted by Gasteiger charge is 2.47. The van der Waals surface area contributed by atoms with E-state index in [0.29, 0.717) is 26.1 Å². The molecule has 2 aromatic carbocycles. The predicted octanol–water partition coefficient (Wildman–Crippen LogP) is 1.96. The maximum absolute atomic E-state index is 13.5. The van der Waals surface area contributed by atoms with Crippen molar-refractivity contribution in [3.8, 4) is 0 Å². The number of nitrogens with zero attached hydrogens (tertiary/aromatic N) is 4. The van der Waals surface area contributed by atoms with Crippen LogP contribution in [0, 0.1) is 0 Å². The summed E-state index contributed by atoms with van der Waals surface area (Å²) in [6.45, 7) is 3.85. The summed E-state index contributed by atoms with van der Waals surface area (Å²) in [7, 11) is 0. The molecule has 2 atom stereocenters. The third-order valence-corrected chi connectivity index (χ3v) is 7.36. The average Bonchev–Trinajstić information content (AvgIpc) is 2.92. The summed E-state index contributed by atoms with van der Waals surface area (Å²) in [5.74, 6) is -0.219. The minimum Gasteiger partial charge on any atom is -0.368 e. The molecule has 3 heterocycles. The Bertz CT molecular complexity index is 1040. The Morgan fingerprint density at radius 2 is 1.60 bits per heavy atom. The predicted molar refractivity (Wildman–Crippen MR) is 134 cm³/mol. The van der Waals surface area contributed by atoms with Crippen molar-refractivity contribution < 1.29 is 14.4 Å². The van der Waals surface area contributed by atoms with E-state index in [1.165, 1.54) is 4.90 Å². The van der Waals surface area contributed by atoms with Gasteiger partial charge in [-0.1, -0.05) is 48.5 Å². The molecular formula is C27H33N5O3. The SMILES string of the molecule is O=C(CN1C(=O)N(CCc2ccccc2)C(=O)C2NCCCC21)N1CCN(c2ccccc2)CC1. The molecule has 0 aromatic heterocycles. The van der Waals surface area contributed by atoms with E-state index in [1.807, 2.05) is 53.4 Å². The van der Waals surface area contributed by atoms with Crippen molar-refractivity contribution in [1.82, 2.24) is 20.0 Å². The number of amides is 4. The number of benzene rings is 2. The highest BCUT2D eigenvalue weighted by molar-refractivity contribution is 6.01. The third-order valence-electron chi connectivity index (χ3n) is 7.36. The van der Waals surface area contributed by atoms with E-state index in [0.717, 1.165) is 43.7 Å². The maximum Gasteiger partial charge on any atom is 0.327 e. The molecular weight excluding hydrogens is 442 g/mol. The van der Waals surface area contributed by atoms with Crippen LogP contribution in [0.3, 0.4) is 0 Å². The summed E-state index contributed by atoms with van der Waals surface area (Å²) in [4.78, 5) is 47.1. The van der Waals surface area contributed by atoms with E-state index in [-0.39, 0.29) is 30.4 Å². The molecule has 184 valence electrons. The standard InChI is InChI=1S/C27H33N5O3/c33-24(30-18-16-29(17-19-30)22-10-5-2-6-11-22)20-32-23-12-7-14-28-25(23)26(34)31(27(32)35)15-13-21-8-3-1-4-9-21/h1-6,8-11,23,25,28H,7,12-20H2. The Hall–Kier alpha value is -3.39. The summed E-state index contributed by atoms with van der Waals surface area (Å²) in [5, 5.41) is 3.31.